The number of hydrogen-bond donors (Lipinski definition) is 2. The lowest BCUT2D eigenvalue weighted by Crippen LogP contribution is -2.25. The Morgan fingerprint density at radius 1 is 1.12 bits per heavy atom. The molecule has 0 aromatic carbocycles. The van der Waals surface area contributed by atoms with Crippen molar-refractivity contribution < 1.29 is 9.90 Å². The van der Waals surface area contributed by atoms with E-state index < -0.39 is 0 Å². The maximum absolute atomic E-state index is 11.5. The quantitative estimate of drug-likeness (QED) is 0.431. The van der Waals surface area contributed by atoms with Crippen LogP contribution in [0.2, 0.25) is 0 Å². The van der Waals surface area contributed by atoms with E-state index >= 15 is 0 Å². The maximum Gasteiger partial charge on any atom is 0.246 e. The third-order valence-electron chi connectivity index (χ3n) is 2.77. The van der Waals surface area contributed by atoms with Crippen LogP contribution in [0, 0.1) is 0 Å². The van der Waals surface area contributed by atoms with Crippen molar-refractivity contribution in [1.29, 1.82) is 0 Å². The Kier molecular flexibility index (Phi) is 11.1. The smallest absolute Gasteiger partial charge is 0.246 e. The summed E-state index contributed by atoms with van der Waals surface area (Å²) in [4.78, 5) is 11.5. The van der Waals surface area contributed by atoms with E-state index in [9.17, 15) is 4.79 Å². The van der Waals surface area contributed by atoms with E-state index in [1.54, 1.807) is 0 Å². The van der Waals surface area contributed by atoms with Gasteiger partial charge in [-0.1, -0.05) is 45.6 Å². The minimum Gasteiger partial charge on any atom is -0.396 e. The fourth-order valence-corrected chi connectivity index (χ4v) is 1.64. The first-order valence-electron chi connectivity index (χ1n) is 6.79. The number of aliphatic hydroxyl groups is 1. The summed E-state index contributed by atoms with van der Waals surface area (Å²) in [6.45, 7) is 6.77. The monoisotopic (exact) mass is 241 g/mol. The molecule has 0 atom stereocenters. The zero-order valence-electron chi connectivity index (χ0n) is 11.1. The minimum absolute atomic E-state index is 0.0630. The molecule has 0 radical (unpaired) electrons. The van der Waals surface area contributed by atoms with Crippen molar-refractivity contribution in [2.45, 2.75) is 58.3 Å². The number of carbonyl (C=O) groups excluding carboxylic acids is 1. The van der Waals surface area contributed by atoms with Gasteiger partial charge in [0, 0.05) is 18.7 Å². The zero-order valence-corrected chi connectivity index (χ0v) is 11.1. The van der Waals surface area contributed by atoms with Crippen LogP contribution in [0.5, 0.6) is 0 Å². The van der Waals surface area contributed by atoms with Gasteiger partial charge in [-0.2, -0.15) is 0 Å². The standard InChI is InChI=1S/C14H27NO2/c1-3-4-5-6-7-8-11-15-14(17)13(2)10-9-12-16/h16H,2-12H2,1H3,(H,15,17). The van der Waals surface area contributed by atoms with Gasteiger partial charge in [0.1, 0.15) is 0 Å². The summed E-state index contributed by atoms with van der Waals surface area (Å²) in [5, 5.41) is 11.5. The first-order valence-corrected chi connectivity index (χ1v) is 6.79. The fraction of sp³-hybridized carbons (Fsp3) is 0.786. The Labute approximate surface area is 105 Å². The number of amides is 1. The molecule has 1 amide bonds. The van der Waals surface area contributed by atoms with Crippen molar-refractivity contribution in [3.8, 4) is 0 Å². The second kappa shape index (κ2) is 11.6. The molecule has 0 aromatic rings. The summed E-state index contributed by atoms with van der Waals surface area (Å²) >= 11 is 0. The van der Waals surface area contributed by atoms with Crippen molar-refractivity contribution >= 4 is 5.91 Å². The SMILES string of the molecule is C=C(CCCO)C(=O)NCCCCCCCC. The predicted molar refractivity (Wildman–Crippen MR) is 71.8 cm³/mol. The molecule has 0 rings (SSSR count). The highest BCUT2D eigenvalue weighted by atomic mass is 16.2. The zero-order chi connectivity index (χ0) is 12.9. The summed E-state index contributed by atoms with van der Waals surface area (Å²) in [6.07, 6.45) is 8.56. The average Bonchev–Trinajstić information content (AvgIpc) is 2.34. The maximum atomic E-state index is 11.5. The van der Waals surface area contributed by atoms with Gasteiger partial charge in [0.05, 0.1) is 0 Å². The van der Waals surface area contributed by atoms with Gasteiger partial charge in [-0.05, 0) is 19.3 Å². The van der Waals surface area contributed by atoms with E-state index in [0.29, 0.717) is 18.4 Å². The van der Waals surface area contributed by atoms with Crippen LogP contribution in [0.3, 0.4) is 0 Å². The highest BCUT2D eigenvalue weighted by Crippen LogP contribution is 2.05. The minimum atomic E-state index is -0.0630. The second-order valence-electron chi connectivity index (χ2n) is 4.45. The molecule has 0 fully saturated rings. The van der Waals surface area contributed by atoms with Crippen LogP contribution in [-0.4, -0.2) is 24.2 Å². The lowest BCUT2D eigenvalue weighted by atomic mass is 10.1. The van der Waals surface area contributed by atoms with E-state index in [-0.39, 0.29) is 12.5 Å². The van der Waals surface area contributed by atoms with Crippen LogP contribution in [-0.2, 0) is 4.79 Å². The van der Waals surface area contributed by atoms with Gasteiger partial charge in [-0.3, -0.25) is 4.79 Å². The van der Waals surface area contributed by atoms with E-state index in [1.807, 2.05) is 0 Å². The third kappa shape index (κ3) is 10.1. The Morgan fingerprint density at radius 3 is 2.41 bits per heavy atom. The van der Waals surface area contributed by atoms with Crippen molar-refractivity contribution in [1.82, 2.24) is 5.32 Å². The number of aliphatic hydroxyl groups excluding tert-OH is 1. The Hall–Kier alpha value is -0.830. The van der Waals surface area contributed by atoms with Gasteiger partial charge in [-0.25, -0.2) is 0 Å². The number of carbonyl (C=O) groups is 1. The number of nitrogens with one attached hydrogen (secondary N) is 1. The number of rotatable bonds is 11. The molecule has 3 nitrogen and oxygen atoms in total. The Balaban J connectivity index is 3.35. The van der Waals surface area contributed by atoms with Gasteiger partial charge < -0.3 is 10.4 Å². The molecule has 0 bridgehead atoms. The molecule has 0 spiro atoms. The van der Waals surface area contributed by atoms with Gasteiger partial charge in [0.2, 0.25) is 5.91 Å². The molecule has 3 heteroatoms. The molecule has 2 N–H and O–H groups in total. The second-order valence-corrected chi connectivity index (χ2v) is 4.45. The molecule has 0 saturated carbocycles. The first-order chi connectivity index (χ1) is 8.22. The van der Waals surface area contributed by atoms with Gasteiger partial charge >= 0.3 is 0 Å². The summed E-state index contributed by atoms with van der Waals surface area (Å²) < 4.78 is 0. The lowest BCUT2D eigenvalue weighted by molar-refractivity contribution is -0.117. The molecule has 0 saturated heterocycles. The molecule has 100 valence electrons. The lowest BCUT2D eigenvalue weighted by Gasteiger charge is -2.07. The topological polar surface area (TPSA) is 49.3 Å². The van der Waals surface area contributed by atoms with Crippen LogP contribution >= 0.6 is 0 Å². The summed E-state index contributed by atoms with van der Waals surface area (Å²) in [5.41, 5.74) is 0.574. The van der Waals surface area contributed by atoms with Crippen LogP contribution < -0.4 is 5.32 Å². The normalized spacial score (nSPS) is 10.2. The summed E-state index contributed by atoms with van der Waals surface area (Å²) in [7, 11) is 0. The molecule has 0 aliphatic rings. The van der Waals surface area contributed by atoms with Crippen molar-refractivity contribution in [2.75, 3.05) is 13.2 Å². The van der Waals surface area contributed by atoms with Crippen LogP contribution in [0.4, 0.5) is 0 Å². The van der Waals surface area contributed by atoms with Crippen molar-refractivity contribution in [2.24, 2.45) is 0 Å². The first kappa shape index (κ1) is 16.2. The average molecular weight is 241 g/mol. The third-order valence-corrected chi connectivity index (χ3v) is 2.77. The molecule has 0 aromatic heterocycles. The molecule has 0 aliphatic carbocycles. The van der Waals surface area contributed by atoms with Crippen LogP contribution in [0.1, 0.15) is 58.3 Å². The van der Waals surface area contributed by atoms with Gasteiger partial charge in [-0.15, -0.1) is 0 Å². The molecule has 0 unspecified atom stereocenters. The molecule has 0 heterocycles. The number of hydrogen-bond acceptors (Lipinski definition) is 2. The number of unbranched alkanes of at least 4 members (excludes halogenated alkanes) is 5. The van der Waals surface area contributed by atoms with Gasteiger partial charge in [0.25, 0.3) is 0 Å². The van der Waals surface area contributed by atoms with Crippen LogP contribution in [0.25, 0.3) is 0 Å². The van der Waals surface area contributed by atoms with E-state index in [4.69, 9.17) is 5.11 Å². The van der Waals surface area contributed by atoms with Gasteiger partial charge in [0.15, 0.2) is 0 Å². The Morgan fingerprint density at radius 2 is 1.76 bits per heavy atom. The molecule has 17 heavy (non-hydrogen) atoms. The molecule has 0 aliphatic heterocycles. The largest absolute Gasteiger partial charge is 0.396 e. The van der Waals surface area contributed by atoms with Crippen LogP contribution in [0.15, 0.2) is 12.2 Å². The highest BCUT2D eigenvalue weighted by molar-refractivity contribution is 5.92. The predicted octanol–water partition coefficient (Wildman–Crippen LogP) is 2.79. The van der Waals surface area contributed by atoms with Crippen molar-refractivity contribution in [3.63, 3.8) is 0 Å². The molecular formula is C14H27NO2. The van der Waals surface area contributed by atoms with E-state index in [1.165, 1.54) is 32.1 Å². The Bertz CT molecular complexity index is 214. The summed E-state index contributed by atoms with van der Waals surface area (Å²) in [5.74, 6) is -0.0630. The summed E-state index contributed by atoms with van der Waals surface area (Å²) in [6, 6.07) is 0. The van der Waals surface area contributed by atoms with E-state index in [0.717, 1.165) is 13.0 Å². The highest BCUT2D eigenvalue weighted by Gasteiger charge is 2.04. The molecular weight excluding hydrogens is 214 g/mol. The van der Waals surface area contributed by atoms with E-state index in [2.05, 4.69) is 18.8 Å². The fourth-order valence-electron chi connectivity index (χ4n) is 1.64. The van der Waals surface area contributed by atoms with Crippen molar-refractivity contribution in [3.05, 3.63) is 12.2 Å².